The van der Waals surface area contributed by atoms with Crippen LogP contribution in [0.1, 0.15) is 76.5 Å². The fraction of sp³-hybridized carbons (Fsp3) is 0.191. The van der Waals surface area contributed by atoms with Crippen LogP contribution in [0.3, 0.4) is 0 Å². The quantitative estimate of drug-likeness (QED) is 0.131. The third-order valence-electron chi connectivity index (χ3n) is 16.2. The van der Waals surface area contributed by atoms with Gasteiger partial charge in [-0.05, 0) is 165 Å². The Morgan fingerprint density at radius 2 is 0.865 bits per heavy atom. The summed E-state index contributed by atoms with van der Waals surface area (Å²) in [5.74, 6) is 0. The Balaban J connectivity index is 1.12. The van der Waals surface area contributed by atoms with E-state index in [2.05, 4.69) is 232 Å². The number of aromatic nitrogens is 6. The highest BCUT2D eigenvalue weighted by Crippen LogP contribution is 2.48. The molecule has 6 nitrogen and oxygen atoms in total. The maximum atomic E-state index is 5.43. The zero-order valence-electron chi connectivity index (χ0n) is 44.0. The van der Waals surface area contributed by atoms with Gasteiger partial charge in [0.25, 0.3) is 0 Å². The number of rotatable bonds is 8. The van der Waals surface area contributed by atoms with E-state index in [1.54, 1.807) is 0 Å². The van der Waals surface area contributed by atoms with Gasteiger partial charge in [-0.1, -0.05) is 116 Å². The molecule has 7 heterocycles. The van der Waals surface area contributed by atoms with Crippen LogP contribution in [0.4, 0.5) is 0 Å². The Labute approximate surface area is 432 Å². The fourth-order valence-corrected chi connectivity index (χ4v) is 13.2. The zero-order valence-corrected chi connectivity index (χ0v) is 44.0. The SMILES string of the molecule is CCCCCc1c2c3ccccc3n(C)c2c(-c2ccc(-c3c4ccc([nH]4)c(-c4c(C)cc(C)cc4C)c4nc(c5ccc([nH]5)c(-c5c(C)cc(C)cc5C)c5ccc3[nH]5)C=C4)cc2)c2c3ccccc3n(C)c12. The summed E-state index contributed by atoms with van der Waals surface area (Å²) in [5, 5.41) is 5.32. The minimum atomic E-state index is 0.914. The number of para-hydroxylation sites is 2. The van der Waals surface area contributed by atoms with Crippen molar-refractivity contribution in [1.82, 2.24) is 29.1 Å². The van der Waals surface area contributed by atoms with Crippen LogP contribution in [0.5, 0.6) is 0 Å². The summed E-state index contributed by atoms with van der Waals surface area (Å²) >= 11 is 0. The third kappa shape index (κ3) is 7.02. The van der Waals surface area contributed by atoms with Crippen LogP contribution in [-0.2, 0) is 20.5 Å². The molecule has 6 aromatic carbocycles. The van der Waals surface area contributed by atoms with Gasteiger partial charge in [0.2, 0.25) is 0 Å². The summed E-state index contributed by atoms with van der Waals surface area (Å²) in [6.07, 6.45) is 8.92. The van der Waals surface area contributed by atoms with E-state index in [0.717, 1.165) is 79.6 Å². The normalized spacial score (nSPS) is 12.3. The Bertz CT molecular complexity index is 4410. The van der Waals surface area contributed by atoms with Gasteiger partial charge in [-0.3, -0.25) is 0 Å². The Morgan fingerprint density at radius 3 is 1.43 bits per heavy atom. The number of aryl methyl sites for hydroxylation is 9. The van der Waals surface area contributed by atoms with Crippen molar-refractivity contribution in [3.05, 3.63) is 184 Å². The summed E-state index contributed by atoms with van der Waals surface area (Å²) < 4.78 is 4.93. The van der Waals surface area contributed by atoms with Crippen LogP contribution in [-0.4, -0.2) is 29.1 Å². The molecule has 8 bridgehead atoms. The average Bonchev–Trinajstić information content (AvgIpc) is 4.27. The molecule has 0 saturated carbocycles. The standard InChI is InChI=1S/C68H62N6/c1-10-11-12-19-48-63-46-17-13-15-20-57(46)74(9)68(63)62(64-47-18-14-16-21-58(47)73(8)67(48)64)45-24-22-44(23-25-45)61-51-30-32-55(71-51)65(59-40(4)34-38(2)35-41(59)5)53-28-26-49(69-53)50-27-29-54(70-50)66(56-33-31-52(61)72-56)60-42(6)36-39(3)37-43(60)7/h13-18,20-37,69,71-72H,10-12,19H2,1-9H3. The molecule has 0 spiro atoms. The molecule has 0 amide bonds. The van der Waals surface area contributed by atoms with Gasteiger partial charge in [0.15, 0.2) is 0 Å². The minimum absolute atomic E-state index is 0.914. The number of hydrogen-bond donors (Lipinski definition) is 3. The van der Waals surface area contributed by atoms with Crippen molar-refractivity contribution in [2.75, 3.05) is 0 Å². The molecule has 0 saturated heterocycles. The summed E-state index contributed by atoms with van der Waals surface area (Å²) in [6, 6.07) is 50.1. The number of fused-ring (bicyclic) bond motifs is 15. The van der Waals surface area contributed by atoms with E-state index in [4.69, 9.17) is 4.98 Å². The summed E-state index contributed by atoms with van der Waals surface area (Å²) in [4.78, 5) is 17.4. The molecule has 12 aromatic rings. The van der Waals surface area contributed by atoms with Gasteiger partial charge >= 0.3 is 0 Å². The maximum absolute atomic E-state index is 5.43. The van der Waals surface area contributed by atoms with E-state index in [1.807, 2.05) is 0 Å². The van der Waals surface area contributed by atoms with E-state index >= 15 is 0 Å². The molecule has 1 aliphatic rings. The van der Waals surface area contributed by atoms with Gasteiger partial charge in [0, 0.05) is 96.5 Å². The highest BCUT2D eigenvalue weighted by Gasteiger charge is 2.26. The van der Waals surface area contributed by atoms with Gasteiger partial charge in [0.1, 0.15) is 0 Å². The first kappa shape index (κ1) is 45.5. The van der Waals surface area contributed by atoms with Crippen molar-refractivity contribution in [1.29, 1.82) is 0 Å². The predicted molar refractivity (Wildman–Crippen MR) is 317 cm³/mol. The molecule has 3 N–H and O–H groups in total. The van der Waals surface area contributed by atoms with Crippen molar-refractivity contribution < 1.29 is 0 Å². The lowest BCUT2D eigenvalue weighted by Crippen LogP contribution is -1.98. The first-order chi connectivity index (χ1) is 36.0. The number of aromatic amines is 3. The van der Waals surface area contributed by atoms with Crippen LogP contribution in [0.25, 0.3) is 133 Å². The number of nitrogens with one attached hydrogen (secondary N) is 3. The molecule has 0 aliphatic carbocycles. The number of hydrogen-bond acceptors (Lipinski definition) is 1. The van der Waals surface area contributed by atoms with E-state index in [9.17, 15) is 0 Å². The highest BCUT2D eigenvalue weighted by molar-refractivity contribution is 6.28. The van der Waals surface area contributed by atoms with E-state index in [0.29, 0.717) is 0 Å². The van der Waals surface area contributed by atoms with Gasteiger partial charge < -0.3 is 24.1 Å². The second-order valence-corrected chi connectivity index (χ2v) is 21.2. The molecule has 6 heteroatoms. The first-order valence-corrected chi connectivity index (χ1v) is 26.5. The summed E-state index contributed by atoms with van der Waals surface area (Å²) in [7, 11) is 4.54. The van der Waals surface area contributed by atoms with Crippen molar-refractivity contribution >= 4 is 88.9 Å². The average molecular weight is 963 g/mol. The molecule has 0 unspecified atom stereocenters. The fourth-order valence-electron chi connectivity index (χ4n) is 13.2. The Morgan fingerprint density at radius 1 is 0.419 bits per heavy atom. The van der Waals surface area contributed by atoms with E-state index in [-0.39, 0.29) is 0 Å². The second kappa shape index (κ2) is 17.4. The molecule has 0 radical (unpaired) electrons. The highest BCUT2D eigenvalue weighted by atomic mass is 15.0. The van der Waals surface area contributed by atoms with Crippen LogP contribution in [0.15, 0.2) is 133 Å². The van der Waals surface area contributed by atoms with Crippen LogP contribution in [0.2, 0.25) is 0 Å². The smallest absolute Gasteiger partial charge is 0.0872 e. The summed E-state index contributed by atoms with van der Waals surface area (Å²) in [5.41, 5.74) is 31.4. The van der Waals surface area contributed by atoms with E-state index in [1.165, 1.54) is 118 Å². The molecule has 6 aromatic heterocycles. The zero-order chi connectivity index (χ0) is 50.7. The summed E-state index contributed by atoms with van der Waals surface area (Å²) in [6.45, 7) is 15.6. The van der Waals surface area contributed by atoms with Crippen molar-refractivity contribution in [3.63, 3.8) is 0 Å². The lowest BCUT2D eigenvalue weighted by molar-refractivity contribution is 0.720. The maximum Gasteiger partial charge on any atom is 0.0872 e. The molecule has 0 fully saturated rings. The molecular formula is C68H62N6. The van der Waals surface area contributed by atoms with Gasteiger partial charge in [0.05, 0.1) is 27.9 Å². The molecule has 0 atom stereocenters. The third-order valence-corrected chi connectivity index (χ3v) is 16.2. The number of nitrogens with zero attached hydrogens (tertiary/aromatic N) is 3. The minimum Gasteiger partial charge on any atom is -0.354 e. The van der Waals surface area contributed by atoms with Crippen molar-refractivity contribution in [3.8, 4) is 44.5 Å². The number of benzene rings is 6. The Hall–Kier alpha value is -8.35. The molecule has 74 heavy (non-hydrogen) atoms. The van der Waals surface area contributed by atoms with Gasteiger partial charge in [-0.25, -0.2) is 4.98 Å². The second-order valence-electron chi connectivity index (χ2n) is 21.2. The van der Waals surface area contributed by atoms with Crippen molar-refractivity contribution in [2.45, 2.75) is 74.1 Å². The number of unbranched alkanes of at least 4 members (excludes halogenated alkanes) is 2. The molecular weight excluding hydrogens is 901 g/mol. The number of H-pyrrole nitrogens is 3. The van der Waals surface area contributed by atoms with Gasteiger partial charge in [-0.2, -0.15) is 0 Å². The molecule has 364 valence electrons. The predicted octanol–water partition coefficient (Wildman–Crippen LogP) is 18.2. The van der Waals surface area contributed by atoms with Crippen LogP contribution >= 0.6 is 0 Å². The topological polar surface area (TPSA) is 70.1 Å². The van der Waals surface area contributed by atoms with Crippen molar-refractivity contribution in [2.24, 2.45) is 14.1 Å². The van der Waals surface area contributed by atoms with Crippen LogP contribution < -0.4 is 0 Å². The lowest BCUT2D eigenvalue weighted by atomic mass is 9.90. The van der Waals surface area contributed by atoms with Gasteiger partial charge in [-0.15, -0.1) is 0 Å². The lowest BCUT2D eigenvalue weighted by Gasteiger charge is -2.16. The monoisotopic (exact) mass is 963 g/mol. The van der Waals surface area contributed by atoms with Crippen LogP contribution in [0, 0.1) is 41.5 Å². The molecule has 1 aliphatic heterocycles. The largest absolute Gasteiger partial charge is 0.354 e. The molecule has 13 rings (SSSR count). The van der Waals surface area contributed by atoms with E-state index < -0.39 is 0 Å². The Kier molecular flexibility index (Phi) is 10.7. The first-order valence-electron chi connectivity index (χ1n) is 26.5.